The minimum Gasteiger partial charge on any atom is -0.446 e. The first-order valence-corrected chi connectivity index (χ1v) is 8.42. The third kappa shape index (κ3) is 3.11. The van der Waals surface area contributed by atoms with Crippen molar-refractivity contribution >= 4 is 11.6 Å². The molecule has 0 radical (unpaired) electrons. The third-order valence-electron chi connectivity index (χ3n) is 4.44. The standard InChI is InChI=1S/C18H18FN5O2/c1-11-15(9-21-24(11)13-6-4-12(19)5-7-13)22-17(25)16-10-26-18(23-16)14-3-2-8-20-14/h4-7,9-10,14,20H,2-3,8H2,1H3,(H,22,25)/t14-/m0/s1. The van der Waals surface area contributed by atoms with Gasteiger partial charge in [-0.2, -0.15) is 5.10 Å². The Morgan fingerprint density at radius 3 is 2.92 bits per heavy atom. The maximum atomic E-state index is 13.1. The van der Waals surface area contributed by atoms with Crippen molar-refractivity contribution in [3.8, 4) is 5.69 Å². The van der Waals surface area contributed by atoms with E-state index in [4.69, 9.17) is 4.42 Å². The molecule has 1 aliphatic rings. The van der Waals surface area contributed by atoms with Gasteiger partial charge in [0.15, 0.2) is 5.69 Å². The summed E-state index contributed by atoms with van der Waals surface area (Å²) in [5.74, 6) is -0.142. The molecule has 0 bridgehead atoms. The highest BCUT2D eigenvalue weighted by Crippen LogP contribution is 2.23. The van der Waals surface area contributed by atoms with E-state index in [2.05, 4.69) is 20.7 Å². The lowest BCUT2D eigenvalue weighted by molar-refractivity contribution is 0.102. The molecular formula is C18H18FN5O2. The molecule has 2 N–H and O–H groups in total. The SMILES string of the molecule is Cc1c(NC(=O)c2coc([C@@H]3CCCN3)n2)cnn1-c1ccc(F)cc1. The molecule has 1 amide bonds. The summed E-state index contributed by atoms with van der Waals surface area (Å²) in [6.45, 7) is 2.75. The Morgan fingerprint density at radius 2 is 2.19 bits per heavy atom. The Labute approximate surface area is 149 Å². The Bertz CT molecular complexity index is 925. The van der Waals surface area contributed by atoms with Crippen LogP contribution in [-0.2, 0) is 0 Å². The summed E-state index contributed by atoms with van der Waals surface area (Å²) in [4.78, 5) is 16.7. The number of amides is 1. The molecule has 4 rings (SSSR count). The first-order valence-electron chi connectivity index (χ1n) is 8.42. The number of rotatable bonds is 4. The third-order valence-corrected chi connectivity index (χ3v) is 4.44. The van der Waals surface area contributed by atoms with Crippen molar-refractivity contribution in [3.05, 3.63) is 59.8 Å². The van der Waals surface area contributed by atoms with E-state index in [1.165, 1.54) is 18.4 Å². The number of aromatic nitrogens is 3. The molecule has 1 fully saturated rings. The number of anilines is 1. The molecule has 26 heavy (non-hydrogen) atoms. The molecular weight excluding hydrogens is 337 g/mol. The molecule has 3 aromatic rings. The molecule has 0 unspecified atom stereocenters. The molecule has 0 saturated carbocycles. The summed E-state index contributed by atoms with van der Waals surface area (Å²) in [7, 11) is 0. The Balaban J connectivity index is 1.50. The number of halogens is 1. The maximum Gasteiger partial charge on any atom is 0.277 e. The summed E-state index contributed by atoms with van der Waals surface area (Å²) in [5.41, 5.74) is 2.22. The topological polar surface area (TPSA) is 85.0 Å². The normalized spacial score (nSPS) is 16.8. The van der Waals surface area contributed by atoms with Gasteiger partial charge in [0, 0.05) is 0 Å². The average Bonchev–Trinajstić information content (AvgIpc) is 3.37. The molecule has 1 saturated heterocycles. The van der Waals surface area contributed by atoms with Gasteiger partial charge in [0.05, 0.1) is 29.3 Å². The Hall–Kier alpha value is -3.00. The highest BCUT2D eigenvalue weighted by atomic mass is 19.1. The van der Waals surface area contributed by atoms with Crippen LogP contribution in [0.5, 0.6) is 0 Å². The zero-order valence-electron chi connectivity index (χ0n) is 14.2. The zero-order chi connectivity index (χ0) is 18.1. The van der Waals surface area contributed by atoms with E-state index in [1.54, 1.807) is 23.0 Å². The van der Waals surface area contributed by atoms with Crippen LogP contribution in [-0.4, -0.2) is 27.2 Å². The lowest BCUT2D eigenvalue weighted by Crippen LogP contribution is -2.15. The zero-order valence-corrected chi connectivity index (χ0v) is 14.2. The van der Waals surface area contributed by atoms with Crippen molar-refractivity contribution in [1.29, 1.82) is 0 Å². The Kier molecular flexibility index (Phi) is 4.26. The summed E-state index contributed by atoms with van der Waals surface area (Å²) in [6, 6.07) is 6.05. The number of nitrogens with one attached hydrogen (secondary N) is 2. The van der Waals surface area contributed by atoms with E-state index in [0.717, 1.165) is 25.1 Å². The highest BCUT2D eigenvalue weighted by molar-refractivity contribution is 6.02. The molecule has 1 aromatic carbocycles. The van der Waals surface area contributed by atoms with Crippen molar-refractivity contribution in [2.24, 2.45) is 0 Å². The van der Waals surface area contributed by atoms with Crippen LogP contribution in [0.3, 0.4) is 0 Å². The number of carbonyl (C=O) groups excluding carboxylic acids is 1. The van der Waals surface area contributed by atoms with E-state index in [0.29, 0.717) is 17.3 Å². The number of carbonyl (C=O) groups is 1. The maximum absolute atomic E-state index is 13.1. The molecule has 2 aromatic heterocycles. The second kappa shape index (κ2) is 6.72. The number of nitrogens with zero attached hydrogens (tertiary/aromatic N) is 3. The van der Waals surface area contributed by atoms with Crippen LogP contribution in [0.25, 0.3) is 5.69 Å². The second-order valence-electron chi connectivity index (χ2n) is 6.21. The number of oxazole rings is 1. The lowest BCUT2D eigenvalue weighted by atomic mass is 10.2. The minimum atomic E-state index is -0.361. The van der Waals surface area contributed by atoms with Crippen LogP contribution in [0.15, 0.2) is 41.1 Å². The van der Waals surface area contributed by atoms with E-state index in [9.17, 15) is 9.18 Å². The minimum absolute atomic E-state index is 0.0690. The van der Waals surface area contributed by atoms with Crippen LogP contribution in [0.1, 0.15) is 41.0 Å². The van der Waals surface area contributed by atoms with Crippen LogP contribution in [0.2, 0.25) is 0 Å². The summed E-state index contributed by atoms with van der Waals surface area (Å²) >= 11 is 0. The summed E-state index contributed by atoms with van der Waals surface area (Å²) in [5, 5.41) is 10.3. The molecule has 0 aliphatic carbocycles. The van der Waals surface area contributed by atoms with Crippen molar-refractivity contribution in [2.45, 2.75) is 25.8 Å². The van der Waals surface area contributed by atoms with Gasteiger partial charge in [0.2, 0.25) is 5.89 Å². The second-order valence-corrected chi connectivity index (χ2v) is 6.21. The van der Waals surface area contributed by atoms with Crippen molar-refractivity contribution in [2.75, 3.05) is 11.9 Å². The highest BCUT2D eigenvalue weighted by Gasteiger charge is 2.23. The van der Waals surface area contributed by atoms with Gasteiger partial charge in [-0.1, -0.05) is 0 Å². The van der Waals surface area contributed by atoms with Gasteiger partial charge < -0.3 is 15.1 Å². The smallest absolute Gasteiger partial charge is 0.277 e. The molecule has 1 atom stereocenters. The summed E-state index contributed by atoms with van der Waals surface area (Å²) in [6.07, 6.45) is 4.93. The first kappa shape index (κ1) is 16.5. The van der Waals surface area contributed by atoms with Gasteiger partial charge in [-0.15, -0.1) is 0 Å². The van der Waals surface area contributed by atoms with Crippen molar-refractivity contribution in [3.63, 3.8) is 0 Å². The van der Waals surface area contributed by atoms with Gasteiger partial charge >= 0.3 is 0 Å². The predicted octanol–water partition coefficient (Wildman–Crippen LogP) is 2.98. The predicted molar refractivity (Wildman–Crippen MR) is 92.7 cm³/mol. The van der Waals surface area contributed by atoms with Crippen molar-refractivity contribution < 1.29 is 13.6 Å². The van der Waals surface area contributed by atoms with Gasteiger partial charge in [0.1, 0.15) is 12.1 Å². The Morgan fingerprint density at radius 1 is 1.38 bits per heavy atom. The van der Waals surface area contributed by atoms with Gasteiger partial charge in [-0.3, -0.25) is 4.79 Å². The quantitative estimate of drug-likeness (QED) is 0.751. The largest absolute Gasteiger partial charge is 0.446 e. The van der Waals surface area contributed by atoms with Crippen LogP contribution in [0.4, 0.5) is 10.1 Å². The van der Waals surface area contributed by atoms with E-state index < -0.39 is 0 Å². The number of hydrogen-bond acceptors (Lipinski definition) is 5. The fourth-order valence-electron chi connectivity index (χ4n) is 3.01. The van der Waals surface area contributed by atoms with Crippen LogP contribution in [0, 0.1) is 12.7 Å². The van der Waals surface area contributed by atoms with E-state index >= 15 is 0 Å². The molecule has 7 nitrogen and oxygen atoms in total. The molecule has 0 spiro atoms. The first-order chi connectivity index (χ1) is 12.6. The van der Waals surface area contributed by atoms with Crippen molar-refractivity contribution in [1.82, 2.24) is 20.1 Å². The fourth-order valence-corrected chi connectivity index (χ4v) is 3.01. The molecule has 8 heteroatoms. The number of benzene rings is 1. The molecule has 1 aliphatic heterocycles. The fraction of sp³-hybridized carbons (Fsp3) is 0.278. The molecule has 134 valence electrons. The van der Waals surface area contributed by atoms with Gasteiger partial charge in [-0.25, -0.2) is 14.1 Å². The van der Waals surface area contributed by atoms with E-state index in [-0.39, 0.29) is 23.5 Å². The summed E-state index contributed by atoms with van der Waals surface area (Å²) < 4.78 is 20.1. The monoisotopic (exact) mass is 355 g/mol. The number of hydrogen-bond donors (Lipinski definition) is 2. The average molecular weight is 355 g/mol. The van der Waals surface area contributed by atoms with Gasteiger partial charge in [0.25, 0.3) is 5.91 Å². The van der Waals surface area contributed by atoms with Gasteiger partial charge in [-0.05, 0) is 50.6 Å². The lowest BCUT2D eigenvalue weighted by Gasteiger charge is -2.06. The van der Waals surface area contributed by atoms with Crippen LogP contribution >= 0.6 is 0 Å². The van der Waals surface area contributed by atoms with E-state index in [1.807, 2.05) is 6.92 Å². The molecule has 3 heterocycles. The van der Waals surface area contributed by atoms with Crippen LogP contribution < -0.4 is 10.6 Å².